The lowest BCUT2D eigenvalue weighted by molar-refractivity contribution is 0.427. The zero-order valence-electron chi connectivity index (χ0n) is 18.3. The highest BCUT2D eigenvalue weighted by Gasteiger charge is 2.28. The van der Waals surface area contributed by atoms with Crippen LogP contribution in [0.1, 0.15) is 11.1 Å². The lowest BCUT2D eigenvalue weighted by Crippen LogP contribution is -2.27. The first-order chi connectivity index (χ1) is 16.1. The maximum atomic E-state index is 14.2. The number of aryl methyl sites for hydroxylation is 1. The van der Waals surface area contributed by atoms with E-state index in [0.29, 0.717) is 5.69 Å². The summed E-state index contributed by atoms with van der Waals surface area (Å²) in [6, 6.07) is 15.3. The molecule has 0 saturated heterocycles. The SMILES string of the molecule is Cc1ccccc1-n1nccc1-c1cc(S(=O)(=O)N(C)Cc2c(F)cccc2Cl)c(O)cc1O. The first-order valence-corrected chi connectivity index (χ1v) is 12.0. The van der Waals surface area contributed by atoms with Gasteiger partial charge in [0.25, 0.3) is 0 Å². The summed E-state index contributed by atoms with van der Waals surface area (Å²) in [5.41, 5.74) is 2.23. The minimum atomic E-state index is -4.30. The van der Waals surface area contributed by atoms with E-state index in [0.717, 1.165) is 21.6 Å². The van der Waals surface area contributed by atoms with Crippen LogP contribution in [0, 0.1) is 12.7 Å². The molecule has 0 aliphatic carbocycles. The third kappa shape index (κ3) is 4.25. The topological polar surface area (TPSA) is 95.7 Å². The molecule has 0 atom stereocenters. The van der Waals surface area contributed by atoms with E-state index >= 15 is 0 Å². The van der Waals surface area contributed by atoms with Gasteiger partial charge in [-0.05, 0) is 42.8 Å². The average molecular weight is 502 g/mol. The van der Waals surface area contributed by atoms with Gasteiger partial charge in [-0.1, -0.05) is 35.9 Å². The molecule has 0 saturated carbocycles. The van der Waals surface area contributed by atoms with Crippen molar-refractivity contribution in [1.29, 1.82) is 0 Å². The van der Waals surface area contributed by atoms with E-state index in [1.807, 2.05) is 31.2 Å². The average Bonchev–Trinajstić information content (AvgIpc) is 3.25. The van der Waals surface area contributed by atoms with Crippen molar-refractivity contribution in [2.24, 2.45) is 0 Å². The van der Waals surface area contributed by atoms with Crippen LogP contribution in [0.2, 0.25) is 5.02 Å². The van der Waals surface area contributed by atoms with Gasteiger partial charge in [0.2, 0.25) is 10.0 Å². The molecule has 0 amide bonds. The predicted molar refractivity (Wildman–Crippen MR) is 127 cm³/mol. The zero-order valence-corrected chi connectivity index (χ0v) is 19.8. The number of para-hydroxylation sites is 1. The molecule has 0 aliphatic rings. The second kappa shape index (κ2) is 9.09. The Labute approximate surface area is 201 Å². The van der Waals surface area contributed by atoms with Gasteiger partial charge < -0.3 is 10.2 Å². The number of aromatic nitrogens is 2. The molecular formula is C24H21ClFN3O4S. The van der Waals surface area contributed by atoms with Crippen LogP contribution in [0.25, 0.3) is 16.9 Å². The van der Waals surface area contributed by atoms with Gasteiger partial charge in [0.05, 0.1) is 17.6 Å². The summed E-state index contributed by atoms with van der Waals surface area (Å²) in [7, 11) is -3.05. The molecule has 4 rings (SSSR count). The van der Waals surface area contributed by atoms with E-state index in [1.165, 1.54) is 37.5 Å². The summed E-state index contributed by atoms with van der Waals surface area (Å²) in [6.07, 6.45) is 1.52. The van der Waals surface area contributed by atoms with E-state index < -0.39 is 26.5 Å². The van der Waals surface area contributed by atoms with E-state index in [-0.39, 0.29) is 28.4 Å². The summed E-state index contributed by atoms with van der Waals surface area (Å²) in [6.45, 7) is 1.54. The molecule has 3 aromatic carbocycles. The van der Waals surface area contributed by atoms with Crippen LogP contribution in [0.3, 0.4) is 0 Å². The first kappa shape index (κ1) is 23.7. The largest absolute Gasteiger partial charge is 0.507 e. The fourth-order valence-corrected chi connectivity index (χ4v) is 5.08. The Kier molecular flexibility index (Phi) is 6.35. The Morgan fingerprint density at radius 3 is 2.50 bits per heavy atom. The molecule has 176 valence electrons. The zero-order chi connectivity index (χ0) is 24.6. The van der Waals surface area contributed by atoms with E-state index in [4.69, 9.17) is 11.6 Å². The molecule has 0 unspecified atom stereocenters. The van der Waals surface area contributed by atoms with Crippen molar-refractivity contribution in [3.63, 3.8) is 0 Å². The molecule has 0 aliphatic heterocycles. The van der Waals surface area contributed by atoms with Crippen LogP contribution in [0.15, 0.2) is 71.8 Å². The number of rotatable bonds is 6. The highest BCUT2D eigenvalue weighted by Crippen LogP contribution is 2.39. The van der Waals surface area contributed by atoms with Crippen LogP contribution in [-0.2, 0) is 16.6 Å². The number of phenolic OH excluding ortho intramolecular Hbond substituents is 2. The van der Waals surface area contributed by atoms with Crippen molar-refractivity contribution in [2.75, 3.05) is 7.05 Å². The van der Waals surface area contributed by atoms with Crippen molar-refractivity contribution in [2.45, 2.75) is 18.4 Å². The molecule has 0 bridgehead atoms. The molecule has 0 spiro atoms. The number of phenols is 2. The lowest BCUT2D eigenvalue weighted by atomic mass is 10.1. The maximum Gasteiger partial charge on any atom is 0.246 e. The number of sulfonamides is 1. The standard InChI is InChI=1S/C24H21ClFN3O4S/c1-15-6-3-4-9-20(15)29-21(10-11-27-29)16-12-24(23(31)13-22(16)30)34(32,33)28(2)14-17-18(25)7-5-8-19(17)26/h3-13,30-31H,14H2,1-2H3. The fourth-order valence-electron chi connectivity index (χ4n) is 3.63. The molecule has 7 nitrogen and oxygen atoms in total. The van der Waals surface area contributed by atoms with Gasteiger partial charge in [-0.3, -0.25) is 0 Å². The van der Waals surface area contributed by atoms with Crippen LogP contribution in [0.5, 0.6) is 11.5 Å². The van der Waals surface area contributed by atoms with Gasteiger partial charge in [-0.2, -0.15) is 9.40 Å². The lowest BCUT2D eigenvalue weighted by Gasteiger charge is -2.20. The molecular weight excluding hydrogens is 481 g/mol. The molecule has 1 aromatic heterocycles. The van der Waals surface area contributed by atoms with Gasteiger partial charge in [0.15, 0.2) is 0 Å². The Morgan fingerprint density at radius 1 is 1.06 bits per heavy atom. The third-order valence-electron chi connectivity index (χ3n) is 5.47. The molecule has 0 radical (unpaired) electrons. The normalized spacial score (nSPS) is 11.8. The highest BCUT2D eigenvalue weighted by atomic mass is 35.5. The molecule has 4 aromatic rings. The molecule has 10 heteroatoms. The molecule has 34 heavy (non-hydrogen) atoms. The van der Waals surface area contributed by atoms with Crippen molar-refractivity contribution >= 4 is 21.6 Å². The van der Waals surface area contributed by atoms with Gasteiger partial charge >= 0.3 is 0 Å². The van der Waals surface area contributed by atoms with Crippen LogP contribution in [-0.4, -0.2) is 39.8 Å². The summed E-state index contributed by atoms with van der Waals surface area (Å²) >= 11 is 6.05. The second-order valence-electron chi connectivity index (χ2n) is 7.71. The van der Waals surface area contributed by atoms with Crippen LogP contribution >= 0.6 is 11.6 Å². The second-order valence-corrected chi connectivity index (χ2v) is 10.1. The summed E-state index contributed by atoms with van der Waals surface area (Å²) in [5, 5.41) is 25.4. The van der Waals surface area contributed by atoms with Crippen molar-refractivity contribution < 1.29 is 23.0 Å². The van der Waals surface area contributed by atoms with E-state index in [9.17, 15) is 23.0 Å². The number of benzene rings is 3. The highest BCUT2D eigenvalue weighted by molar-refractivity contribution is 7.89. The number of hydrogen-bond acceptors (Lipinski definition) is 5. The van der Waals surface area contributed by atoms with Gasteiger partial charge in [-0.15, -0.1) is 0 Å². The fraction of sp³-hybridized carbons (Fsp3) is 0.125. The maximum absolute atomic E-state index is 14.2. The van der Waals surface area contributed by atoms with E-state index in [2.05, 4.69) is 5.10 Å². The van der Waals surface area contributed by atoms with Crippen molar-refractivity contribution in [3.05, 3.63) is 88.8 Å². The first-order valence-electron chi connectivity index (χ1n) is 10.2. The number of halogens is 2. The molecule has 2 N–H and O–H groups in total. The smallest absolute Gasteiger partial charge is 0.246 e. The van der Waals surface area contributed by atoms with Crippen LogP contribution in [0.4, 0.5) is 4.39 Å². The minimum absolute atomic E-state index is 0.00589. The predicted octanol–water partition coefficient (Wildman–Crippen LogP) is 4.87. The quantitative estimate of drug-likeness (QED) is 0.393. The Balaban J connectivity index is 1.79. The van der Waals surface area contributed by atoms with E-state index in [1.54, 1.807) is 10.7 Å². The number of hydrogen-bond donors (Lipinski definition) is 2. The summed E-state index contributed by atoms with van der Waals surface area (Å²) in [4.78, 5) is -0.451. The van der Waals surface area contributed by atoms with Gasteiger partial charge in [0, 0.05) is 35.8 Å². The monoisotopic (exact) mass is 501 g/mol. The van der Waals surface area contributed by atoms with Crippen molar-refractivity contribution in [1.82, 2.24) is 14.1 Å². The Morgan fingerprint density at radius 2 is 1.79 bits per heavy atom. The summed E-state index contributed by atoms with van der Waals surface area (Å²) < 4.78 is 43.3. The summed E-state index contributed by atoms with van der Waals surface area (Å²) in [5.74, 6) is -1.62. The Bertz CT molecular complexity index is 1470. The Hall–Kier alpha value is -3.40. The minimum Gasteiger partial charge on any atom is -0.507 e. The number of aromatic hydroxyl groups is 2. The van der Waals surface area contributed by atoms with Crippen molar-refractivity contribution in [3.8, 4) is 28.4 Å². The number of nitrogens with zero attached hydrogens (tertiary/aromatic N) is 3. The van der Waals surface area contributed by atoms with Gasteiger partial charge in [-0.25, -0.2) is 17.5 Å². The molecule has 1 heterocycles. The van der Waals surface area contributed by atoms with Gasteiger partial charge in [0.1, 0.15) is 22.2 Å². The van der Waals surface area contributed by atoms with Crippen LogP contribution < -0.4 is 0 Å². The third-order valence-corrected chi connectivity index (χ3v) is 7.66. The molecule has 0 fully saturated rings.